The topological polar surface area (TPSA) is 59.4 Å². The molecule has 0 saturated carbocycles. The third-order valence-electron chi connectivity index (χ3n) is 12.9. The van der Waals surface area contributed by atoms with Gasteiger partial charge in [0, 0.05) is 56.2 Å². The Bertz CT molecular complexity index is 3970. The van der Waals surface area contributed by atoms with E-state index in [-0.39, 0.29) is 16.7 Å². The van der Waals surface area contributed by atoms with Crippen molar-refractivity contribution in [3.63, 3.8) is 0 Å². The first-order valence-electron chi connectivity index (χ1n) is 22.2. The Hall–Kier alpha value is -9.06. The van der Waals surface area contributed by atoms with Crippen molar-refractivity contribution in [1.82, 2.24) is 19.1 Å². The van der Waals surface area contributed by atoms with E-state index in [2.05, 4.69) is 47.0 Å². The molecule has 4 aromatic heterocycles. The monoisotopic (exact) mass is 883 g/mol. The molecule has 0 unspecified atom stereocenters. The summed E-state index contributed by atoms with van der Waals surface area (Å²) in [7, 11) is 0. The molecule has 0 aliphatic rings. The molecule has 0 radical (unpaired) electrons. The minimum Gasteiger partial charge on any atom is -0.307 e. The molecule has 5 nitrogen and oxygen atoms in total. The molecule has 0 aliphatic carbocycles. The molecule has 0 saturated heterocycles. The lowest BCUT2D eigenvalue weighted by Crippen LogP contribution is -2.12. The highest BCUT2D eigenvalue weighted by Gasteiger charge is 2.36. The lowest BCUT2D eigenvalue weighted by atomic mass is 9.95. The minimum atomic E-state index is -4.76. The van der Waals surface area contributed by atoms with Crippen LogP contribution in [0.15, 0.2) is 219 Å². The molecule has 0 N–H and O–H groups in total. The predicted molar refractivity (Wildman–Crippen MR) is 268 cm³/mol. The number of rotatable bonds is 7. The second kappa shape index (κ2) is 16.1. The molecule has 8 heteroatoms. The third-order valence-corrected chi connectivity index (χ3v) is 12.9. The summed E-state index contributed by atoms with van der Waals surface area (Å²) in [5.41, 5.74) is 11.1. The number of halogens is 3. The maximum atomic E-state index is 15.8. The Kier molecular flexibility index (Phi) is 9.59. The molecule has 12 aromatic rings. The van der Waals surface area contributed by atoms with Gasteiger partial charge >= 0.3 is 6.18 Å². The van der Waals surface area contributed by atoms with Gasteiger partial charge in [-0.2, -0.15) is 18.4 Å². The number of nitrogens with zero attached hydrogens (tertiary/aromatic N) is 5. The lowest BCUT2D eigenvalue weighted by molar-refractivity contribution is -0.137. The van der Waals surface area contributed by atoms with Crippen molar-refractivity contribution in [1.29, 1.82) is 5.26 Å². The van der Waals surface area contributed by atoms with Crippen LogP contribution in [0.2, 0.25) is 0 Å². The zero-order valence-corrected chi connectivity index (χ0v) is 36.2. The maximum Gasteiger partial charge on any atom is 0.417 e. The highest BCUT2D eigenvalue weighted by atomic mass is 19.4. The number of pyridine rings is 2. The van der Waals surface area contributed by atoms with E-state index in [0.717, 1.165) is 88.4 Å². The highest BCUT2D eigenvalue weighted by molar-refractivity contribution is 6.13. The van der Waals surface area contributed by atoms with E-state index in [1.54, 1.807) is 36.7 Å². The zero-order valence-electron chi connectivity index (χ0n) is 36.2. The van der Waals surface area contributed by atoms with E-state index in [1.807, 2.05) is 138 Å². The van der Waals surface area contributed by atoms with Gasteiger partial charge in [-0.25, -0.2) is 0 Å². The summed E-state index contributed by atoms with van der Waals surface area (Å²) in [5.74, 6) is 0. The normalized spacial score (nSPS) is 11.7. The molecule has 0 bridgehead atoms. The van der Waals surface area contributed by atoms with E-state index in [9.17, 15) is 5.26 Å². The maximum absolute atomic E-state index is 15.8. The second-order valence-electron chi connectivity index (χ2n) is 16.8. The van der Waals surface area contributed by atoms with Crippen LogP contribution in [0.1, 0.15) is 11.1 Å². The van der Waals surface area contributed by atoms with Crippen LogP contribution in [0.4, 0.5) is 13.2 Å². The molecule has 0 fully saturated rings. The van der Waals surface area contributed by atoms with Gasteiger partial charge in [0.1, 0.15) is 0 Å². The summed E-state index contributed by atoms with van der Waals surface area (Å²) in [5, 5.41) is 13.5. The Morgan fingerprint density at radius 2 is 0.838 bits per heavy atom. The second-order valence-corrected chi connectivity index (χ2v) is 16.8. The quantitative estimate of drug-likeness (QED) is 0.160. The summed E-state index contributed by atoms with van der Waals surface area (Å²) in [6, 6.07) is 67.8. The minimum absolute atomic E-state index is 0.0353. The molecule has 8 aromatic carbocycles. The van der Waals surface area contributed by atoms with Crippen LogP contribution in [-0.4, -0.2) is 19.1 Å². The summed E-state index contributed by atoms with van der Waals surface area (Å²) in [6.45, 7) is 0. The number of alkyl halides is 3. The number of fused-ring (bicyclic) bond motifs is 6. The summed E-state index contributed by atoms with van der Waals surface area (Å²) in [4.78, 5) is 9.60. The Morgan fingerprint density at radius 3 is 1.35 bits per heavy atom. The average molecular weight is 884 g/mol. The van der Waals surface area contributed by atoms with E-state index >= 15 is 13.2 Å². The Morgan fingerprint density at radius 1 is 0.382 bits per heavy atom. The molecule has 12 rings (SSSR count). The fourth-order valence-corrected chi connectivity index (χ4v) is 9.89. The molecular weight excluding hydrogens is 848 g/mol. The smallest absolute Gasteiger partial charge is 0.307 e. The molecule has 0 amide bonds. The first kappa shape index (κ1) is 40.4. The highest BCUT2D eigenvalue weighted by Crippen LogP contribution is 2.46. The Labute approximate surface area is 388 Å². The number of hydrogen-bond acceptors (Lipinski definition) is 3. The van der Waals surface area contributed by atoms with Crippen LogP contribution in [-0.2, 0) is 6.18 Å². The molecule has 0 spiro atoms. The van der Waals surface area contributed by atoms with Gasteiger partial charge in [0.15, 0.2) is 0 Å². The van der Waals surface area contributed by atoms with Crippen LogP contribution < -0.4 is 0 Å². The molecule has 4 heterocycles. The fraction of sp³-hybridized carbons (Fsp3) is 0.0167. The van der Waals surface area contributed by atoms with Crippen molar-refractivity contribution in [2.45, 2.75) is 6.18 Å². The number of benzene rings is 8. The van der Waals surface area contributed by atoms with E-state index in [0.29, 0.717) is 11.4 Å². The molecular formula is C60H36F3N5. The SMILES string of the molecule is N#Cc1cccc(-c2cc(-n3c4ccccc4c4cc(-c5cccnc5-c5ccccc5)ccc43)c(-n3c4ccccc4c4cc(-c5cccnc5-c5ccccc5)ccc43)cc2C(F)(F)F)c1. The van der Waals surface area contributed by atoms with Gasteiger partial charge in [-0.1, -0.05) is 133 Å². The van der Waals surface area contributed by atoms with Gasteiger partial charge in [-0.15, -0.1) is 0 Å². The Balaban J connectivity index is 1.16. The van der Waals surface area contributed by atoms with Gasteiger partial charge in [0.25, 0.3) is 0 Å². The van der Waals surface area contributed by atoms with Crippen LogP contribution in [0.25, 0.3) is 111 Å². The van der Waals surface area contributed by atoms with Crippen molar-refractivity contribution in [2.75, 3.05) is 0 Å². The average Bonchev–Trinajstić information content (AvgIpc) is 3.90. The van der Waals surface area contributed by atoms with E-state index < -0.39 is 11.7 Å². The first-order chi connectivity index (χ1) is 33.3. The number of aromatic nitrogens is 4. The summed E-state index contributed by atoms with van der Waals surface area (Å²) in [6.07, 6.45) is -1.18. The molecule has 0 atom stereocenters. The van der Waals surface area contributed by atoms with Gasteiger partial charge in [0.2, 0.25) is 0 Å². The zero-order chi connectivity index (χ0) is 45.9. The van der Waals surface area contributed by atoms with E-state index in [4.69, 9.17) is 9.97 Å². The largest absolute Gasteiger partial charge is 0.417 e. The molecule has 322 valence electrons. The molecule has 68 heavy (non-hydrogen) atoms. The van der Waals surface area contributed by atoms with Crippen molar-refractivity contribution in [2.24, 2.45) is 0 Å². The van der Waals surface area contributed by atoms with Gasteiger partial charge in [-0.05, 0) is 95.1 Å². The summed E-state index contributed by atoms with van der Waals surface area (Å²) < 4.78 is 51.5. The predicted octanol–water partition coefficient (Wildman–Crippen LogP) is 15.9. The molecule has 0 aliphatic heterocycles. The van der Waals surface area contributed by atoms with Crippen molar-refractivity contribution >= 4 is 43.6 Å². The van der Waals surface area contributed by atoms with Gasteiger partial charge in [-0.3, -0.25) is 9.97 Å². The van der Waals surface area contributed by atoms with Crippen molar-refractivity contribution in [3.05, 3.63) is 230 Å². The number of hydrogen-bond donors (Lipinski definition) is 0. The van der Waals surface area contributed by atoms with Crippen molar-refractivity contribution < 1.29 is 13.2 Å². The van der Waals surface area contributed by atoms with Crippen LogP contribution >= 0.6 is 0 Å². The van der Waals surface area contributed by atoms with Crippen LogP contribution in [0.3, 0.4) is 0 Å². The van der Waals surface area contributed by atoms with Crippen LogP contribution in [0, 0.1) is 11.3 Å². The first-order valence-corrected chi connectivity index (χ1v) is 22.2. The number of para-hydroxylation sites is 2. The standard InChI is InChI=1S/C60H36F3N5/c61-60(62,63)51-36-57(68-53-25-10-8-21-47(53)50-34-43(27-29-55(50)68)45-23-13-31-66-59(45)40-17-5-2-6-18-40)56(35-48(51)41-19-11-14-38(32-41)37-64)67-52-24-9-7-20-46(52)49-33-42(26-28-54(49)67)44-22-12-30-65-58(44)39-15-3-1-4-16-39/h1-36H. The third kappa shape index (κ3) is 6.71. The van der Waals surface area contributed by atoms with E-state index in [1.165, 1.54) is 12.1 Å². The number of nitriles is 1. The summed E-state index contributed by atoms with van der Waals surface area (Å²) >= 11 is 0. The fourth-order valence-electron chi connectivity index (χ4n) is 9.89. The van der Waals surface area contributed by atoms with Crippen molar-refractivity contribution in [3.8, 4) is 73.3 Å². The lowest BCUT2D eigenvalue weighted by Gasteiger charge is -2.22. The van der Waals surface area contributed by atoms with Gasteiger partial charge < -0.3 is 9.13 Å². The van der Waals surface area contributed by atoms with Crippen LogP contribution in [0.5, 0.6) is 0 Å². The van der Waals surface area contributed by atoms with Gasteiger partial charge in [0.05, 0.1) is 62.0 Å².